The van der Waals surface area contributed by atoms with Crippen LogP contribution in [0.3, 0.4) is 0 Å². The Morgan fingerprint density at radius 2 is 1.79 bits per heavy atom. The number of carbonyl (C=O) groups is 2. The molecule has 2 aromatic carbocycles. The first kappa shape index (κ1) is 26.0. The number of benzene rings is 2. The lowest BCUT2D eigenvalue weighted by Gasteiger charge is -2.35. The number of likely N-dealkylation sites (N-methyl/N-ethyl adjacent to an activating group) is 1. The highest BCUT2D eigenvalue weighted by molar-refractivity contribution is 5.95. The first-order valence-corrected chi connectivity index (χ1v) is 13.7. The Labute approximate surface area is 241 Å². The molecule has 13 nitrogen and oxygen atoms in total. The van der Waals surface area contributed by atoms with Crippen LogP contribution >= 0.6 is 0 Å². The van der Waals surface area contributed by atoms with E-state index in [0.29, 0.717) is 66.3 Å². The molecule has 2 aromatic heterocycles. The third-order valence-corrected chi connectivity index (χ3v) is 8.06. The number of hydrogen-bond donors (Lipinski definition) is 0. The van der Waals surface area contributed by atoms with E-state index >= 15 is 0 Å². The number of aromatic nitrogens is 4. The number of fused-ring (bicyclic) bond motifs is 2. The maximum absolute atomic E-state index is 13.5. The molecule has 42 heavy (non-hydrogen) atoms. The first-order valence-electron chi connectivity index (χ1n) is 13.7. The van der Waals surface area contributed by atoms with E-state index in [1.807, 2.05) is 25.2 Å². The number of tetrazole rings is 1. The van der Waals surface area contributed by atoms with Crippen LogP contribution in [0.5, 0.6) is 17.2 Å². The smallest absolute Gasteiger partial charge is 0.289 e. The predicted molar refractivity (Wildman–Crippen MR) is 147 cm³/mol. The predicted octanol–water partition coefficient (Wildman–Crippen LogP) is 2.17. The highest BCUT2D eigenvalue weighted by Gasteiger charge is 2.38. The van der Waals surface area contributed by atoms with Crippen LogP contribution in [0.15, 0.2) is 53.1 Å². The average Bonchev–Trinajstić information content (AvgIpc) is 3.82. The molecule has 4 aromatic rings. The summed E-state index contributed by atoms with van der Waals surface area (Å²) in [5.41, 5.74) is 3.19. The van der Waals surface area contributed by atoms with Crippen molar-refractivity contribution >= 4 is 11.8 Å². The van der Waals surface area contributed by atoms with Crippen molar-refractivity contribution < 1.29 is 28.2 Å². The molecule has 1 atom stereocenters. The zero-order valence-corrected chi connectivity index (χ0v) is 23.2. The molecule has 3 aliphatic heterocycles. The van der Waals surface area contributed by atoms with E-state index in [9.17, 15) is 9.59 Å². The summed E-state index contributed by atoms with van der Waals surface area (Å²) in [6.45, 7) is 2.62. The van der Waals surface area contributed by atoms with E-state index in [1.54, 1.807) is 45.9 Å². The largest absolute Gasteiger partial charge is 0.492 e. The molecule has 13 heteroatoms. The van der Waals surface area contributed by atoms with Gasteiger partial charge in [-0.25, -0.2) is 0 Å². The summed E-state index contributed by atoms with van der Waals surface area (Å²) in [6.07, 6.45) is 2.29. The molecule has 1 saturated heterocycles. The van der Waals surface area contributed by atoms with Gasteiger partial charge in [-0.05, 0) is 65.9 Å². The summed E-state index contributed by atoms with van der Waals surface area (Å²) in [5.74, 6) is 2.46. The van der Waals surface area contributed by atoms with Gasteiger partial charge < -0.3 is 28.4 Å². The van der Waals surface area contributed by atoms with Gasteiger partial charge in [-0.2, -0.15) is 4.68 Å². The standard InChI is InChI=1S/C29H29N7O6/c1-33-9-8-18-16-22-25(42-17-41-22)26(39-2)23(18)24(33)27-30-31-32-36(27)20-6-3-5-19(15-20)28(37)34-10-12-35(13-11-34)29(38)21-7-4-14-40-21/h3-7,14-16,24H,8-13,17H2,1-2H3/t24-/m0/s1. The molecule has 3 aliphatic rings. The highest BCUT2D eigenvalue weighted by atomic mass is 16.7. The van der Waals surface area contributed by atoms with Crippen LogP contribution in [0.2, 0.25) is 0 Å². The molecule has 0 bridgehead atoms. The molecule has 0 N–H and O–H groups in total. The Balaban J connectivity index is 1.16. The molecular formula is C29H29N7O6. The second-order valence-corrected chi connectivity index (χ2v) is 10.4. The number of furan rings is 1. The van der Waals surface area contributed by atoms with Crippen molar-refractivity contribution in [2.75, 3.05) is 53.7 Å². The van der Waals surface area contributed by atoms with Gasteiger partial charge in [-0.3, -0.25) is 14.5 Å². The zero-order valence-electron chi connectivity index (χ0n) is 23.2. The molecule has 0 aliphatic carbocycles. The second-order valence-electron chi connectivity index (χ2n) is 10.4. The van der Waals surface area contributed by atoms with Crippen LogP contribution < -0.4 is 14.2 Å². The number of carbonyl (C=O) groups excluding carboxylic acids is 2. The van der Waals surface area contributed by atoms with E-state index < -0.39 is 0 Å². The van der Waals surface area contributed by atoms with Crippen LogP contribution in [-0.2, 0) is 6.42 Å². The van der Waals surface area contributed by atoms with Crippen LogP contribution in [0.25, 0.3) is 5.69 Å². The third kappa shape index (κ3) is 4.33. The van der Waals surface area contributed by atoms with Gasteiger partial charge in [0.15, 0.2) is 23.1 Å². The SMILES string of the molecule is COc1c2c(cc3c1[C@@H](c1nnnn1-c1cccc(C(=O)N4CCN(C(=O)c5ccco5)CC4)c1)N(C)CC3)OCO2. The van der Waals surface area contributed by atoms with E-state index in [0.717, 1.165) is 24.1 Å². The van der Waals surface area contributed by atoms with Crippen molar-refractivity contribution in [2.45, 2.75) is 12.5 Å². The normalized spacial score (nSPS) is 18.2. The molecule has 5 heterocycles. The Morgan fingerprint density at radius 3 is 2.55 bits per heavy atom. The summed E-state index contributed by atoms with van der Waals surface area (Å²) in [7, 11) is 3.64. The van der Waals surface area contributed by atoms with Crippen molar-refractivity contribution in [1.82, 2.24) is 34.9 Å². The van der Waals surface area contributed by atoms with E-state index in [4.69, 9.17) is 18.6 Å². The number of methoxy groups -OCH3 is 1. The van der Waals surface area contributed by atoms with Crippen molar-refractivity contribution in [3.8, 4) is 22.9 Å². The van der Waals surface area contributed by atoms with Gasteiger partial charge >= 0.3 is 0 Å². The maximum Gasteiger partial charge on any atom is 0.289 e. The third-order valence-electron chi connectivity index (χ3n) is 8.06. The highest BCUT2D eigenvalue weighted by Crippen LogP contribution is 2.50. The lowest BCUT2D eigenvalue weighted by molar-refractivity contribution is 0.0518. The van der Waals surface area contributed by atoms with E-state index in [1.165, 1.54) is 6.26 Å². The molecule has 0 saturated carbocycles. The maximum atomic E-state index is 13.5. The topological polar surface area (TPSA) is 128 Å². The van der Waals surface area contributed by atoms with Crippen LogP contribution in [0.4, 0.5) is 0 Å². The van der Waals surface area contributed by atoms with Gasteiger partial charge in [0.2, 0.25) is 12.5 Å². The summed E-state index contributed by atoms with van der Waals surface area (Å²) < 4.78 is 24.2. The van der Waals surface area contributed by atoms with E-state index in [-0.39, 0.29) is 24.6 Å². The van der Waals surface area contributed by atoms with Crippen molar-refractivity contribution in [1.29, 1.82) is 0 Å². The van der Waals surface area contributed by atoms with Gasteiger partial charge in [-0.1, -0.05) is 6.07 Å². The molecule has 216 valence electrons. The minimum atomic E-state index is -0.327. The Kier molecular flexibility index (Phi) is 6.50. The number of piperazine rings is 1. The minimum absolute atomic E-state index is 0.119. The molecule has 0 spiro atoms. The number of ether oxygens (including phenoxy) is 3. The lowest BCUT2D eigenvalue weighted by atomic mass is 9.90. The molecule has 7 rings (SSSR count). The molecule has 1 fully saturated rings. The minimum Gasteiger partial charge on any atom is -0.492 e. The summed E-state index contributed by atoms with van der Waals surface area (Å²) in [4.78, 5) is 31.8. The zero-order chi connectivity index (χ0) is 28.8. The van der Waals surface area contributed by atoms with Crippen molar-refractivity contribution in [3.05, 3.63) is 77.0 Å². The van der Waals surface area contributed by atoms with Gasteiger partial charge in [0.05, 0.1) is 19.1 Å². The number of nitrogens with zero attached hydrogens (tertiary/aromatic N) is 7. The Hall–Kier alpha value is -4.91. The van der Waals surface area contributed by atoms with Crippen LogP contribution in [0, 0.1) is 0 Å². The number of hydrogen-bond acceptors (Lipinski definition) is 10. The fourth-order valence-corrected chi connectivity index (χ4v) is 5.93. The van der Waals surface area contributed by atoms with Crippen molar-refractivity contribution in [2.24, 2.45) is 0 Å². The monoisotopic (exact) mass is 571 g/mol. The van der Waals surface area contributed by atoms with Crippen molar-refractivity contribution in [3.63, 3.8) is 0 Å². The quantitative estimate of drug-likeness (QED) is 0.352. The molecular weight excluding hydrogens is 542 g/mol. The van der Waals surface area contributed by atoms with Gasteiger partial charge in [0.25, 0.3) is 11.8 Å². The fraction of sp³-hybridized carbons (Fsp3) is 0.345. The Bertz CT molecular complexity index is 1640. The number of rotatable bonds is 5. The number of amides is 2. The first-order chi connectivity index (χ1) is 20.5. The summed E-state index contributed by atoms with van der Waals surface area (Å²) >= 11 is 0. The van der Waals surface area contributed by atoms with Gasteiger partial charge in [0, 0.05) is 43.9 Å². The van der Waals surface area contributed by atoms with Crippen LogP contribution in [0.1, 0.15) is 43.9 Å². The molecule has 0 unspecified atom stereocenters. The average molecular weight is 572 g/mol. The van der Waals surface area contributed by atoms with Gasteiger partial charge in [0.1, 0.15) is 6.04 Å². The van der Waals surface area contributed by atoms with E-state index in [2.05, 4.69) is 20.4 Å². The lowest BCUT2D eigenvalue weighted by Crippen LogP contribution is -2.50. The van der Waals surface area contributed by atoms with Crippen LogP contribution in [-0.4, -0.2) is 100 Å². The second kappa shape index (κ2) is 10.5. The summed E-state index contributed by atoms with van der Waals surface area (Å²) in [5, 5.41) is 12.8. The molecule has 2 amide bonds. The Morgan fingerprint density at radius 1 is 0.976 bits per heavy atom. The molecule has 0 radical (unpaired) electrons. The summed E-state index contributed by atoms with van der Waals surface area (Å²) in [6, 6.07) is 12.3. The van der Waals surface area contributed by atoms with Gasteiger partial charge in [-0.15, -0.1) is 5.10 Å². The fourth-order valence-electron chi connectivity index (χ4n) is 5.93.